The molecule has 0 amide bonds. The number of benzene rings is 1. The molecule has 23 heavy (non-hydrogen) atoms. The van der Waals surface area contributed by atoms with Gasteiger partial charge in [0.1, 0.15) is 5.82 Å². The van der Waals surface area contributed by atoms with Gasteiger partial charge in [0, 0.05) is 57.1 Å². The molecule has 0 aliphatic carbocycles. The lowest BCUT2D eigenvalue weighted by molar-refractivity contribution is 0.0207. The Morgan fingerprint density at radius 3 is 2.43 bits per heavy atom. The van der Waals surface area contributed by atoms with Crippen molar-refractivity contribution in [2.75, 3.05) is 44.2 Å². The Balaban J connectivity index is 1.24. The number of halogens is 1. The van der Waals surface area contributed by atoms with Crippen molar-refractivity contribution in [3.63, 3.8) is 0 Å². The summed E-state index contributed by atoms with van der Waals surface area (Å²) in [6, 6.07) is 9.38. The van der Waals surface area contributed by atoms with Gasteiger partial charge < -0.3 is 9.42 Å². The first-order chi connectivity index (χ1) is 11.3. The van der Waals surface area contributed by atoms with Gasteiger partial charge in [0.2, 0.25) is 0 Å². The van der Waals surface area contributed by atoms with E-state index >= 15 is 0 Å². The Kier molecular flexibility index (Phi) is 4.01. The normalized spacial score (nSPS) is 20.7. The zero-order valence-corrected chi connectivity index (χ0v) is 13.1. The van der Waals surface area contributed by atoms with E-state index in [0.29, 0.717) is 6.04 Å². The highest BCUT2D eigenvalue weighted by atomic mass is 19.1. The molecule has 0 bridgehead atoms. The average molecular weight is 316 g/mol. The van der Waals surface area contributed by atoms with E-state index in [1.165, 1.54) is 12.1 Å². The Morgan fingerprint density at radius 2 is 1.78 bits per heavy atom. The van der Waals surface area contributed by atoms with Crippen LogP contribution in [0.25, 0.3) is 0 Å². The molecule has 2 fully saturated rings. The van der Waals surface area contributed by atoms with Crippen molar-refractivity contribution in [3.8, 4) is 0 Å². The molecule has 0 atom stereocenters. The van der Waals surface area contributed by atoms with Crippen molar-refractivity contribution < 1.29 is 8.91 Å². The van der Waals surface area contributed by atoms with Crippen LogP contribution in [0, 0.1) is 5.82 Å². The summed E-state index contributed by atoms with van der Waals surface area (Å²) in [7, 11) is 0. The summed E-state index contributed by atoms with van der Waals surface area (Å²) in [6.07, 6.45) is 1.70. The van der Waals surface area contributed by atoms with Crippen molar-refractivity contribution in [1.29, 1.82) is 0 Å². The fourth-order valence-corrected chi connectivity index (χ4v) is 3.44. The van der Waals surface area contributed by atoms with Crippen LogP contribution in [0.2, 0.25) is 0 Å². The lowest BCUT2D eigenvalue weighted by Gasteiger charge is -2.48. The molecule has 4 rings (SSSR count). The van der Waals surface area contributed by atoms with Crippen LogP contribution in [0.5, 0.6) is 0 Å². The topological polar surface area (TPSA) is 35.8 Å². The Labute approximate surface area is 135 Å². The second-order valence-electron chi connectivity index (χ2n) is 6.33. The zero-order valence-electron chi connectivity index (χ0n) is 13.1. The fourth-order valence-electron chi connectivity index (χ4n) is 3.44. The highest BCUT2D eigenvalue weighted by Gasteiger charge is 2.33. The monoisotopic (exact) mass is 316 g/mol. The number of nitrogens with zero attached hydrogens (tertiary/aromatic N) is 4. The van der Waals surface area contributed by atoms with E-state index in [0.717, 1.165) is 57.3 Å². The van der Waals surface area contributed by atoms with E-state index in [2.05, 4.69) is 19.9 Å². The summed E-state index contributed by atoms with van der Waals surface area (Å²) < 4.78 is 18.2. The number of rotatable bonds is 4. The molecule has 0 N–H and O–H groups in total. The van der Waals surface area contributed by atoms with E-state index in [9.17, 15) is 4.39 Å². The third kappa shape index (κ3) is 3.23. The van der Waals surface area contributed by atoms with Crippen LogP contribution in [0.3, 0.4) is 0 Å². The van der Waals surface area contributed by atoms with Crippen LogP contribution >= 0.6 is 0 Å². The molecule has 2 aromatic rings. The second-order valence-corrected chi connectivity index (χ2v) is 6.33. The number of hydrogen-bond donors (Lipinski definition) is 0. The maximum Gasteiger partial charge on any atom is 0.150 e. The highest BCUT2D eigenvalue weighted by Crippen LogP contribution is 2.22. The number of anilines is 1. The number of piperazine rings is 1. The van der Waals surface area contributed by atoms with Gasteiger partial charge in [-0.3, -0.25) is 9.80 Å². The first-order valence-corrected chi connectivity index (χ1v) is 8.14. The molecule has 0 spiro atoms. The molecule has 1 aromatic heterocycles. The highest BCUT2D eigenvalue weighted by molar-refractivity contribution is 5.46. The fraction of sp³-hybridized carbons (Fsp3) is 0.471. The largest absolute Gasteiger partial charge is 0.369 e. The summed E-state index contributed by atoms with van der Waals surface area (Å²) in [6.45, 7) is 7.19. The zero-order chi connectivity index (χ0) is 15.6. The third-order valence-electron chi connectivity index (χ3n) is 4.83. The predicted octanol–water partition coefficient (Wildman–Crippen LogP) is 1.82. The van der Waals surface area contributed by atoms with Crippen LogP contribution in [0.15, 0.2) is 41.1 Å². The third-order valence-corrected chi connectivity index (χ3v) is 4.83. The van der Waals surface area contributed by atoms with Gasteiger partial charge in [0.25, 0.3) is 0 Å². The van der Waals surface area contributed by atoms with Gasteiger partial charge in [-0.15, -0.1) is 0 Å². The van der Waals surface area contributed by atoms with Gasteiger partial charge in [0.05, 0.1) is 12.7 Å². The minimum atomic E-state index is -0.172. The molecular weight excluding hydrogens is 295 g/mol. The molecule has 1 aromatic carbocycles. The van der Waals surface area contributed by atoms with Gasteiger partial charge in [-0.2, -0.15) is 0 Å². The lowest BCUT2D eigenvalue weighted by Crippen LogP contribution is -2.62. The van der Waals surface area contributed by atoms with Crippen molar-refractivity contribution >= 4 is 5.69 Å². The second kappa shape index (κ2) is 6.29. The SMILES string of the molecule is Fc1ccc(N2CCN(C3CN(Cc4ccno4)C3)CC2)cc1. The van der Waals surface area contributed by atoms with E-state index < -0.39 is 0 Å². The van der Waals surface area contributed by atoms with Gasteiger partial charge >= 0.3 is 0 Å². The molecule has 2 saturated heterocycles. The van der Waals surface area contributed by atoms with Crippen molar-refractivity contribution in [1.82, 2.24) is 15.0 Å². The maximum atomic E-state index is 13.0. The molecule has 2 aliphatic heterocycles. The van der Waals surface area contributed by atoms with Crippen LogP contribution in [0.1, 0.15) is 5.76 Å². The van der Waals surface area contributed by atoms with E-state index in [1.807, 2.05) is 18.2 Å². The van der Waals surface area contributed by atoms with Gasteiger partial charge in [0.15, 0.2) is 5.76 Å². The molecule has 0 radical (unpaired) electrons. The number of likely N-dealkylation sites (tertiary alicyclic amines) is 1. The van der Waals surface area contributed by atoms with E-state index in [4.69, 9.17) is 4.52 Å². The summed E-state index contributed by atoms with van der Waals surface area (Å²) >= 11 is 0. The van der Waals surface area contributed by atoms with Crippen LogP contribution < -0.4 is 4.90 Å². The van der Waals surface area contributed by atoms with Gasteiger partial charge in [-0.25, -0.2) is 4.39 Å². The molecule has 6 heteroatoms. The molecule has 5 nitrogen and oxygen atoms in total. The summed E-state index contributed by atoms with van der Waals surface area (Å²) in [5.41, 5.74) is 1.12. The summed E-state index contributed by atoms with van der Waals surface area (Å²) in [5.74, 6) is 0.762. The van der Waals surface area contributed by atoms with Crippen LogP contribution in [-0.2, 0) is 6.54 Å². The van der Waals surface area contributed by atoms with Gasteiger partial charge in [-0.1, -0.05) is 5.16 Å². The molecular formula is C17H21FN4O. The van der Waals surface area contributed by atoms with Crippen LogP contribution in [-0.4, -0.2) is 60.3 Å². The number of hydrogen-bond acceptors (Lipinski definition) is 5. The van der Waals surface area contributed by atoms with E-state index in [1.54, 1.807) is 6.20 Å². The van der Waals surface area contributed by atoms with Gasteiger partial charge in [-0.05, 0) is 24.3 Å². The van der Waals surface area contributed by atoms with Crippen LogP contribution in [0.4, 0.5) is 10.1 Å². The lowest BCUT2D eigenvalue weighted by atomic mass is 10.1. The van der Waals surface area contributed by atoms with Crippen molar-refractivity contribution in [2.45, 2.75) is 12.6 Å². The summed E-state index contributed by atoms with van der Waals surface area (Å²) in [5, 5.41) is 3.74. The predicted molar refractivity (Wildman–Crippen MR) is 85.8 cm³/mol. The Hall–Kier alpha value is -1.92. The first-order valence-electron chi connectivity index (χ1n) is 8.14. The first kappa shape index (κ1) is 14.7. The standard InChI is InChI=1S/C17H21FN4O/c18-14-1-3-15(4-2-14)21-7-9-22(10-8-21)16-11-20(12-16)13-17-5-6-19-23-17/h1-6,16H,7-13H2. The molecule has 0 unspecified atom stereocenters. The smallest absolute Gasteiger partial charge is 0.150 e. The molecule has 122 valence electrons. The molecule has 3 heterocycles. The van der Waals surface area contributed by atoms with Crippen molar-refractivity contribution in [2.24, 2.45) is 0 Å². The quantitative estimate of drug-likeness (QED) is 0.860. The molecule has 2 aliphatic rings. The number of aromatic nitrogens is 1. The van der Waals surface area contributed by atoms with E-state index in [-0.39, 0.29) is 5.82 Å². The Morgan fingerprint density at radius 1 is 1.04 bits per heavy atom. The maximum absolute atomic E-state index is 13.0. The Bertz CT molecular complexity index is 617. The molecule has 0 saturated carbocycles. The summed E-state index contributed by atoms with van der Waals surface area (Å²) in [4.78, 5) is 7.29. The minimum Gasteiger partial charge on any atom is -0.369 e. The average Bonchev–Trinajstić information content (AvgIpc) is 3.05. The van der Waals surface area contributed by atoms with Crippen molar-refractivity contribution in [3.05, 3.63) is 48.1 Å². The minimum absolute atomic E-state index is 0.172.